The Labute approximate surface area is 215 Å². The Morgan fingerprint density at radius 2 is 1.84 bits per heavy atom. The highest BCUT2D eigenvalue weighted by Gasteiger charge is 2.46. The number of amides is 1. The summed E-state index contributed by atoms with van der Waals surface area (Å²) in [6.07, 6.45) is 2.91. The average molecular weight is 501 g/mol. The first-order valence-electron chi connectivity index (χ1n) is 11.8. The molecule has 1 aliphatic rings. The Kier molecular flexibility index (Phi) is 7.38. The van der Waals surface area contributed by atoms with Crippen LogP contribution in [-0.2, 0) is 20.9 Å². The second-order valence-corrected chi connectivity index (χ2v) is 9.07. The van der Waals surface area contributed by atoms with Gasteiger partial charge in [0.15, 0.2) is 0 Å². The van der Waals surface area contributed by atoms with E-state index < -0.39 is 23.7 Å². The molecule has 0 saturated carbocycles. The lowest BCUT2D eigenvalue weighted by molar-refractivity contribution is -0.140. The number of benzene rings is 2. The van der Waals surface area contributed by atoms with Gasteiger partial charge in [0.1, 0.15) is 11.5 Å². The number of Topliss-reactive ketones (excluding diaryl/α,β-unsaturated/α-hetero) is 1. The van der Waals surface area contributed by atoms with Crippen LogP contribution in [0.2, 0.25) is 0 Å². The van der Waals surface area contributed by atoms with Gasteiger partial charge in [-0.05, 0) is 62.2 Å². The topological polar surface area (TPSA) is 106 Å². The van der Waals surface area contributed by atoms with Crippen molar-refractivity contribution in [2.24, 2.45) is 0 Å². The van der Waals surface area contributed by atoms with E-state index in [2.05, 4.69) is 4.98 Å². The first kappa shape index (κ1) is 25.6. The highest BCUT2D eigenvalue weighted by Crippen LogP contribution is 2.41. The number of aliphatic hydroxyl groups is 1. The van der Waals surface area contributed by atoms with Crippen molar-refractivity contribution in [3.8, 4) is 5.75 Å². The van der Waals surface area contributed by atoms with E-state index in [4.69, 9.17) is 9.47 Å². The molecule has 37 heavy (non-hydrogen) atoms. The zero-order valence-electron chi connectivity index (χ0n) is 21.1. The summed E-state index contributed by atoms with van der Waals surface area (Å²) in [6, 6.07) is 14.5. The van der Waals surface area contributed by atoms with E-state index in [1.165, 1.54) is 12.0 Å². The molecule has 1 atom stereocenters. The summed E-state index contributed by atoms with van der Waals surface area (Å²) in [7, 11) is 1.47. The Bertz CT molecular complexity index is 1360. The Hall–Kier alpha value is -4.46. The van der Waals surface area contributed by atoms with Crippen molar-refractivity contribution in [2.75, 3.05) is 7.11 Å². The summed E-state index contributed by atoms with van der Waals surface area (Å²) in [5.74, 6) is -1.92. The van der Waals surface area contributed by atoms with Crippen LogP contribution in [-0.4, -0.2) is 45.9 Å². The van der Waals surface area contributed by atoms with Crippen molar-refractivity contribution in [1.29, 1.82) is 0 Å². The molecule has 4 rings (SSSR count). The number of hydrogen-bond acceptors (Lipinski definition) is 7. The number of aromatic nitrogens is 1. The molecule has 190 valence electrons. The summed E-state index contributed by atoms with van der Waals surface area (Å²) in [4.78, 5) is 44.3. The molecule has 0 bridgehead atoms. The van der Waals surface area contributed by atoms with Crippen molar-refractivity contribution in [2.45, 2.75) is 39.5 Å². The number of hydrogen-bond donors (Lipinski definition) is 1. The minimum Gasteiger partial charge on any atom is -0.507 e. The van der Waals surface area contributed by atoms with Crippen molar-refractivity contribution in [3.05, 3.63) is 100 Å². The van der Waals surface area contributed by atoms with Crippen LogP contribution in [0, 0.1) is 6.92 Å². The van der Waals surface area contributed by atoms with Gasteiger partial charge in [0, 0.05) is 18.9 Å². The lowest BCUT2D eigenvalue weighted by Gasteiger charge is -2.25. The number of aliphatic hydroxyl groups excluding tert-OH is 1. The minimum absolute atomic E-state index is 0.0426. The van der Waals surface area contributed by atoms with Crippen LogP contribution in [0.15, 0.2) is 72.6 Å². The quantitative estimate of drug-likeness (QED) is 0.219. The molecule has 1 amide bonds. The first-order chi connectivity index (χ1) is 17.7. The fourth-order valence-corrected chi connectivity index (χ4v) is 4.30. The second kappa shape index (κ2) is 10.7. The van der Waals surface area contributed by atoms with E-state index in [1.807, 2.05) is 13.0 Å². The van der Waals surface area contributed by atoms with Crippen molar-refractivity contribution in [3.63, 3.8) is 0 Å². The van der Waals surface area contributed by atoms with Gasteiger partial charge in [0.2, 0.25) is 0 Å². The largest absolute Gasteiger partial charge is 0.507 e. The first-order valence-corrected chi connectivity index (χ1v) is 11.8. The summed E-state index contributed by atoms with van der Waals surface area (Å²) < 4.78 is 10.6. The number of ketones is 1. The van der Waals surface area contributed by atoms with Gasteiger partial charge in [0.05, 0.1) is 36.0 Å². The normalized spacial score (nSPS) is 16.8. The number of carbonyl (C=O) groups is 3. The number of rotatable bonds is 7. The maximum Gasteiger partial charge on any atom is 0.338 e. The number of ether oxygens (including phenoxy) is 2. The van der Waals surface area contributed by atoms with Gasteiger partial charge in [-0.1, -0.05) is 29.8 Å². The van der Waals surface area contributed by atoms with Gasteiger partial charge in [0.25, 0.3) is 11.7 Å². The average Bonchev–Trinajstić information content (AvgIpc) is 3.13. The molecular weight excluding hydrogens is 472 g/mol. The Morgan fingerprint density at radius 3 is 2.46 bits per heavy atom. The lowest BCUT2D eigenvalue weighted by atomic mass is 9.95. The molecule has 3 aromatic rings. The third kappa shape index (κ3) is 5.23. The van der Waals surface area contributed by atoms with Crippen LogP contribution >= 0.6 is 0 Å². The number of aryl methyl sites for hydroxylation is 1. The zero-order chi connectivity index (χ0) is 26.7. The van der Waals surface area contributed by atoms with E-state index in [-0.39, 0.29) is 24.0 Å². The highest BCUT2D eigenvalue weighted by atomic mass is 16.5. The van der Waals surface area contributed by atoms with Crippen molar-refractivity contribution >= 4 is 23.4 Å². The summed E-state index contributed by atoms with van der Waals surface area (Å²) >= 11 is 0. The van der Waals surface area contributed by atoms with Gasteiger partial charge in [-0.2, -0.15) is 0 Å². The Balaban J connectivity index is 1.76. The molecule has 0 aliphatic carbocycles. The number of methoxy groups -OCH3 is 1. The van der Waals surface area contributed by atoms with Crippen LogP contribution in [0.5, 0.6) is 5.75 Å². The van der Waals surface area contributed by atoms with E-state index in [1.54, 1.807) is 74.8 Å². The molecule has 2 heterocycles. The molecule has 1 aromatic heterocycles. The van der Waals surface area contributed by atoms with Gasteiger partial charge >= 0.3 is 5.97 Å². The second-order valence-electron chi connectivity index (χ2n) is 9.07. The van der Waals surface area contributed by atoms with Gasteiger partial charge < -0.3 is 19.5 Å². The molecule has 8 nitrogen and oxygen atoms in total. The standard InChI is InChI=1S/C29H28N2O6/c1-17(2)37-29(35)20-10-8-19(9-11-20)16-31-25(21-6-5-13-30-15-21)24(27(33)28(31)34)26(32)22-14-18(3)7-12-23(22)36-4/h5-15,17,25,32H,16H2,1-4H3/b26-24+. The molecular formula is C29H28N2O6. The zero-order valence-corrected chi connectivity index (χ0v) is 21.1. The number of esters is 1. The number of carbonyl (C=O) groups excluding carboxylic acids is 3. The highest BCUT2D eigenvalue weighted by molar-refractivity contribution is 6.46. The van der Waals surface area contributed by atoms with Gasteiger partial charge in [-0.15, -0.1) is 0 Å². The molecule has 1 N–H and O–H groups in total. The number of likely N-dealkylation sites (tertiary alicyclic amines) is 1. The van der Waals surface area contributed by atoms with Gasteiger partial charge in [-0.25, -0.2) is 4.79 Å². The molecule has 0 spiro atoms. The lowest BCUT2D eigenvalue weighted by Crippen LogP contribution is -2.29. The predicted octanol–water partition coefficient (Wildman–Crippen LogP) is 4.59. The number of pyridine rings is 1. The molecule has 1 fully saturated rings. The molecule has 1 unspecified atom stereocenters. The maximum atomic E-state index is 13.3. The van der Waals surface area contributed by atoms with Crippen LogP contribution in [0.4, 0.5) is 0 Å². The molecule has 1 aliphatic heterocycles. The monoisotopic (exact) mass is 500 g/mol. The summed E-state index contributed by atoms with van der Waals surface area (Å²) in [5.41, 5.74) is 2.79. The fraction of sp³-hybridized carbons (Fsp3) is 0.241. The molecule has 0 radical (unpaired) electrons. The fourth-order valence-electron chi connectivity index (χ4n) is 4.30. The van der Waals surface area contributed by atoms with Crippen LogP contribution in [0.25, 0.3) is 5.76 Å². The predicted molar refractivity (Wildman–Crippen MR) is 137 cm³/mol. The minimum atomic E-state index is -0.871. The van der Waals surface area contributed by atoms with Crippen molar-refractivity contribution in [1.82, 2.24) is 9.88 Å². The SMILES string of the molecule is COc1ccc(C)cc1/C(O)=C1\C(=O)C(=O)N(Cc2ccc(C(=O)OC(C)C)cc2)C1c1cccnc1. The number of nitrogens with zero attached hydrogens (tertiary/aromatic N) is 2. The summed E-state index contributed by atoms with van der Waals surface area (Å²) in [6.45, 7) is 5.47. The van der Waals surface area contributed by atoms with Crippen LogP contribution in [0.3, 0.4) is 0 Å². The third-order valence-electron chi connectivity index (χ3n) is 6.04. The summed E-state index contributed by atoms with van der Waals surface area (Å²) in [5, 5.41) is 11.4. The molecule has 1 saturated heterocycles. The van der Waals surface area contributed by atoms with E-state index in [0.717, 1.165) is 5.56 Å². The molecule has 2 aromatic carbocycles. The Morgan fingerprint density at radius 1 is 1.11 bits per heavy atom. The van der Waals surface area contributed by atoms with Crippen LogP contribution < -0.4 is 4.74 Å². The van der Waals surface area contributed by atoms with Gasteiger partial charge in [-0.3, -0.25) is 14.6 Å². The van der Waals surface area contributed by atoms with Crippen LogP contribution in [0.1, 0.15) is 52.5 Å². The van der Waals surface area contributed by atoms with E-state index in [9.17, 15) is 19.5 Å². The van der Waals surface area contributed by atoms with E-state index >= 15 is 0 Å². The van der Waals surface area contributed by atoms with Crippen molar-refractivity contribution < 1.29 is 29.0 Å². The smallest absolute Gasteiger partial charge is 0.338 e. The van der Waals surface area contributed by atoms with E-state index in [0.29, 0.717) is 28.0 Å². The third-order valence-corrected chi connectivity index (χ3v) is 6.04. The maximum absolute atomic E-state index is 13.3. The molecule has 8 heteroatoms.